The van der Waals surface area contributed by atoms with Crippen molar-refractivity contribution in [1.82, 2.24) is 5.43 Å². The van der Waals surface area contributed by atoms with Crippen LogP contribution in [0.3, 0.4) is 0 Å². The molecular weight excluding hydrogens is 380 g/mol. The molecule has 6 heteroatoms. The number of amides is 1. The Balaban J connectivity index is 1.60. The maximum absolute atomic E-state index is 12.4. The molecule has 154 valence electrons. The zero-order chi connectivity index (χ0) is 21.3. The Morgan fingerprint density at radius 2 is 1.77 bits per heavy atom. The minimum Gasteiger partial charge on any atom is -0.497 e. The van der Waals surface area contributed by atoms with E-state index in [9.17, 15) is 4.79 Å². The smallest absolute Gasteiger partial charge is 0.275 e. The molecule has 3 rings (SSSR count). The summed E-state index contributed by atoms with van der Waals surface area (Å²) in [5.41, 5.74) is 5.99. The van der Waals surface area contributed by atoms with Gasteiger partial charge in [0.25, 0.3) is 5.91 Å². The predicted molar refractivity (Wildman–Crippen MR) is 117 cm³/mol. The summed E-state index contributed by atoms with van der Waals surface area (Å²) in [5, 5.41) is 4.04. The van der Waals surface area contributed by atoms with Crippen LogP contribution in [0.2, 0.25) is 0 Å². The van der Waals surface area contributed by atoms with Gasteiger partial charge < -0.3 is 14.2 Å². The summed E-state index contributed by atoms with van der Waals surface area (Å²) in [5.74, 6) is 1.36. The van der Waals surface area contributed by atoms with E-state index in [0.29, 0.717) is 23.7 Å². The third kappa shape index (κ3) is 5.61. The first kappa shape index (κ1) is 20.9. The Labute approximate surface area is 176 Å². The number of rotatable bonds is 8. The molecule has 0 radical (unpaired) electrons. The van der Waals surface area contributed by atoms with Gasteiger partial charge in [0.2, 0.25) is 0 Å². The van der Waals surface area contributed by atoms with Crippen LogP contribution < -0.4 is 19.6 Å². The summed E-state index contributed by atoms with van der Waals surface area (Å²) >= 11 is 0. The Morgan fingerprint density at radius 3 is 2.50 bits per heavy atom. The van der Waals surface area contributed by atoms with Gasteiger partial charge in [-0.25, -0.2) is 5.43 Å². The average Bonchev–Trinajstić information content (AvgIpc) is 2.78. The Bertz CT molecular complexity index is 1030. The lowest BCUT2D eigenvalue weighted by molar-refractivity contribution is 0.0952. The molecular formula is C24H24N2O4. The summed E-state index contributed by atoms with van der Waals surface area (Å²) in [6.45, 7) is 2.53. The van der Waals surface area contributed by atoms with Crippen molar-refractivity contribution in [2.24, 2.45) is 5.10 Å². The number of aryl methyl sites for hydroxylation is 1. The van der Waals surface area contributed by atoms with E-state index >= 15 is 0 Å². The number of ether oxygens (including phenoxy) is 3. The van der Waals surface area contributed by atoms with Gasteiger partial charge in [-0.15, -0.1) is 0 Å². The standard InChI is InChI=1S/C24H24N2O4/c1-17-7-9-18(10-8-17)16-30-21-6-4-5-19(13-21)15-25-26-24(27)22-12-11-20(28-2)14-23(22)29-3/h4-15H,16H2,1-3H3,(H,26,27)/b25-15-. The molecule has 0 aliphatic heterocycles. The molecule has 0 aliphatic carbocycles. The van der Waals surface area contributed by atoms with Gasteiger partial charge in [0.15, 0.2) is 0 Å². The fraction of sp³-hybridized carbons (Fsp3) is 0.167. The van der Waals surface area contributed by atoms with Crippen LogP contribution in [0.4, 0.5) is 0 Å². The van der Waals surface area contributed by atoms with Crippen molar-refractivity contribution >= 4 is 12.1 Å². The maximum atomic E-state index is 12.4. The van der Waals surface area contributed by atoms with Crippen LogP contribution in [-0.4, -0.2) is 26.3 Å². The Kier molecular flexibility index (Phi) is 7.05. The number of nitrogens with one attached hydrogen (secondary N) is 1. The fourth-order valence-electron chi connectivity index (χ4n) is 2.75. The zero-order valence-corrected chi connectivity index (χ0v) is 17.2. The van der Waals surface area contributed by atoms with Crippen LogP contribution in [0.25, 0.3) is 0 Å². The number of hydrogen-bond acceptors (Lipinski definition) is 5. The number of carbonyl (C=O) groups is 1. The van der Waals surface area contributed by atoms with Crippen LogP contribution >= 0.6 is 0 Å². The van der Waals surface area contributed by atoms with Gasteiger partial charge in [0, 0.05) is 6.07 Å². The van der Waals surface area contributed by atoms with Crippen molar-refractivity contribution in [3.63, 3.8) is 0 Å². The van der Waals surface area contributed by atoms with E-state index in [2.05, 4.69) is 29.6 Å². The largest absolute Gasteiger partial charge is 0.497 e. The van der Waals surface area contributed by atoms with Crippen molar-refractivity contribution in [3.05, 3.63) is 89.0 Å². The van der Waals surface area contributed by atoms with E-state index < -0.39 is 0 Å². The minimum absolute atomic E-state index is 0.366. The molecule has 0 saturated carbocycles. The van der Waals surface area contributed by atoms with Crippen molar-refractivity contribution in [1.29, 1.82) is 0 Å². The Morgan fingerprint density at radius 1 is 0.967 bits per heavy atom. The second-order valence-corrected chi connectivity index (χ2v) is 6.61. The molecule has 0 aromatic heterocycles. The van der Waals surface area contributed by atoms with E-state index in [0.717, 1.165) is 16.9 Å². The fourth-order valence-corrected chi connectivity index (χ4v) is 2.75. The lowest BCUT2D eigenvalue weighted by Crippen LogP contribution is -2.18. The first-order valence-corrected chi connectivity index (χ1v) is 9.43. The van der Waals surface area contributed by atoms with Gasteiger partial charge >= 0.3 is 0 Å². The van der Waals surface area contributed by atoms with Crippen molar-refractivity contribution in [3.8, 4) is 17.2 Å². The molecule has 3 aromatic carbocycles. The zero-order valence-electron chi connectivity index (χ0n) is 17.2. The molecule has 1 amide bonds. The number of nitrogens with zero attached hydrogens (tertiary/aromatic N) is 1. The molecule has 0 atom stereocenters. The van der Waals surface area contributed by atoms with Gasteiger partial charge in [-0.05, 0) is 42.3 Å². The third-order valence-electron chi connectivity index (χ3n) is 4.42. The van der Waals surface area contributed by atoms with Crippen molar-refractivity contribution < 1.29 is 19.0 Å². The second kappa shape index (κ2) is 10.1. The lowest BCUT2D eigenvalue weighted by atomic mass is 10.2. The van der Waals surface area contributed by atoms with E-state index in [4.69, 9.17) is 14.2 Å². The van der Waals surface area contributed by atoms with Gasteiger partial charge in [0.05, 0.1) is 26.0 Å². The first-order chi connectivity index (χ1) is 14.6. The summed E-state index contributed by atoms with van der Waals surface area (Å²) in [6, 6.07) is 20.7. The number of methoxy groups -OCH3 is 2. The molecule has 0 spiro atoms. The lowest BCUT2D eigenvalue weighted by Gasteiger charge is -2.09. The molecule has 0 aliphatic rings. The van der Waals surface area contributed by atoms with Gasteiger partial charge in [-0.3, -0.25) is 4.79 Å². The summed E-state index contributed by atoms with van der Waals surface area (Å²) in [4.78, 5) is 12.4. The normalized spacial score (nSPS) is 10.6. The van der Waals surface area contributed by atoms with E-state index in [-0.39, 0.29) is 5.91 Å². The molecule has 1 N–H and O–H groups in total. The molecule has 0 saturated heterocycles. The number of hydrazone groups is 1. The highest BCUT2D eigenvalue weighted by atomic mass is 16.5. The molecule has 0 unspecified atom stereocenters. The van der Waals surface area contributed by atoms with Gasteiger partial charge in [0.1, 0.15) is 23.9 Å². The number of benzene rings is 3. The monoisotopic (exact) mass is 404 g/mol. The van der Waals surface area contributed by atoms with Crippen LogP contribution in [0.5, 0.6) is 17.2 Å². The molecule has 0 fully saturated rings. The molecule has 3 aromatic rings. The number of carbonyl (C=O) groups excluding carboxylic acids is 1. The van der Waals surface area contributed by atoms with Crippen LogP contribution in [-0.2, 0) is 6.61 Å². The van der Waals surface area contributed by atoms with Crippen LogP contribution in [0.1, 0.15) is 27.0 Å². The van der Waals surface area contributed by atoms with Crippen LogP contribution in [0.15, 0.2) is 71.8 Å². The molecule has 6 nitrogen and oxygen atoms in total. The third-order valence-corrected chi connectivity index (χ3v) is 4.42. The second-order valence-electron chi connectivity index (χ2n) is 6.61. The predicted octanol–water partition coefficient (Wildman–Crippen LogP) is 4.36. The average molecular weight is 404 g/mol. The quantitative estimate of drug-likeness (QED) is 0.448. The van der Waals surface area contributed by atoms with Gasteiger partial charge in [-0.2, -0.15) is 5.10 Å². The first-order valence-electron chi connectivity index (χ1n) is 9.43. The van der Waals surface area contributed by atoms with Crippen LogP contribution in [0, 0.1) is 6.92 Å². The van der Waals surface area contributed by atoms with Crippen molar-refractivity contribution in [2.75, 3.05) is 14.2 Å². The van der Waals surface area contributed by atoms with Crippen molar-refractivity contribution in [2.45, 2.75) is 13.5 Å². The highest BCUT2D eigenvalue weighted by molar-refractivity contribution is 5.97. The van der Waals surface area contributed by atoms with E-state index in [1.54, 1.807) is 31.5 Å². The Hall–Kier alpha value is -3.80. The molecule has 0 heterocycles. The minimum atomic E-state index is -0.377. The summed E-state index contributed by atoms with van der Waals surface area (Å²) in [7, 11) is 3.05. The van der Waals surface area contributed by atoms with E-state index in [1.807, 2.05) is 36.4 Å². The SMILES string of the molecule is COc1ccc(C(=O)N/N=C\c2cccc(OCc3ccc(C)cc3)c2)c(OC)c1. The van der Waals surface area contributed by atoms with E-state index in [1.165, 1.54) is 12.7 Å². The maximum Gasteiger partial charge on any atom is 0.275 e. The van der Waals surface area contributed by atoms with Gasteiger partial charge in [-0.1, -0.05) is 42.0 Å². The highest BCUT2D eigenvalue weighted by Gasteiger charge is 2.12. The topological polar surface area (TPSA) is 69.2 Å². The summed E-state index contributed by atoms with van der Waals surface area (Å²) < 4.78 is 16.2. The number of hydrogen-bond donors (Lipinski definition) is 1. The molecule has 30 heavy (non-hydrogen) atoms. The molecule has 0 bridgehead atoms. The summed E-state index contributed by atoms with van der Waals surface area (Å²) in [6.07, 6.45) is 1.56. The highest BCUT2D eigenvalue weighted by Crippen LogP contribution is 2.24.